The topological polar surface area (TPSA) is 172 Å². The standard InChI is InChI=1S/C44H82NO10P/c1-3-5-7-9-11-13-15-17-18-19-20-21-22-24-25-27-29-31-33-35-42(46)52-37-40(38-53-56(50,51)54-39-41(45)44(48)49)55-43(47)36-34-32-30-28-26-23-16-14-12-10-8-6-4-2/h8,10,14,16,40-41H,3-7,9,11-13,15,17-39,45H2,1-2H3,(H,48,49)(H,50,51)/b10-8-,16-14-. The summed E-state index contributed by atoms with van der Waals surface area (Å²) in [6.45, 7) is 2.74. The van der Waals surface area contributed by atoms with Gasteiger partial charge >= 0.3 is 25.7 Å². The molecule has 0 aromatic heterocycles. The Morgan fingerprint density at radius 3 is 1.46 bits per heavy atom. The molecule has 0 radical (unpaired) electrons. The lowest BCUT2D eigenvalue weighted by Gasteiger charge is -2.20. The first-order valence-corrected chi connectivity index (χ1v) is 23.9. The highest BCUT2D eigenvalue weighted by Gasteiger charge is 2.28. The first kappa shape index (κ1) is 54.0. The first-order chi connectivity index (χ1) is 27.1. The van der Waals surface area contributed by atoms with Gasteiger partial charge < -0.3 is 25.2 Å². The van der Waals surface area contributed by atoms with Crippen LogP contribution in [0.15, 0.2) is 24.3 Å². The Hall–Kier alpha value is -2.04. The molecule has 0 fully saturated rings. The third-order valence-electron chi connectivity index (χ3n) is 9.68. The van der Waals surface area contributed by atoms with Crippen molar-refractivity contribution < 1.29 is 47.5 Å². The van der Waals surface area contributed by atoms with E-state index in [1.165, 1.54) is 96.3 Å². The number of phosphoric acid groups is 1. The van der Waals surface area contributed by atoms with Crippen molar-refractivity contribution >= 4 is 25.7 Å². The molecule has 12 heteroatoms. The van der Waals surface area contributed by atoms with E-state index in [-0.39, 0.29) is 19.4 Å². The third kappa shape index (κ3) is 38.8. The Morgan fingerprint density at radius 2 is 0.982 bits per heavy atom. The Kier molecular flexibility index (Phi) is 38.3. The number of unbranched alkanes of at least 4 members (excludes halogenated alkanes) is 24. The molecular formula is C44H82NO10P. The van der Waals surface area contributed by atoms with Gasteiger partial charge in [-0.25, -0.2) is 4.57 Å². The summed E-state index contributed by atoms with van der Waals surface area (Å²) in [5, 5.41) is 8.88. The predicted octanol–water partition coefficient (Wildman–Crippen LogP) is 11.8. The molecule has 328 valence electrons. The smallest absolute Gasteiger partial charge is 0.472 e. The average Bonchev–Trinajstić information content (AvgIpc) is 3.17. The minimum atomic E-state index is -4.72. The Labute approximate surface area is 340 Å². The van der Waals surface area contributed by atoms with Crippen molar-refractivity contribution in [2.75, 3.05) is 19.8 Å². The molecule has 0 amide bonds. The number of esters is 2. The number of aliphatic carboxylic acids is 1. The number of ether oxygens (including phenoxy) is 2. The van der Waals surface area contributed by atoms with Gasteiger partial charge in [-0.2, -0.15) is 0 Å². The van der Waals surface area contributed by atoms with Crippen molar-refractivity contribution in [1.82, 2.24) is 0 Å². The maximum atomic E-state index is 12.6. The van der Waals surface area contributed by atoms with Crippen LogP contribution in [0.2, 0.25) is 0 Å². The van der Waals surface area contributed by atoms with E-state index in [0.29, 0.717) is 12.8 Å². The van der Waals surface area contributed by atoms with Gasteiger partial charge in [-0.1, -0.05) is 179 Å². The normalized spacial score (nSPS) is 13.9. The van der Waals surface area contributed by atoms with Gasteiger partial charge in [0, 0.05) is 12.8 Å². The van der Waals surface area contributed by atoms with E-state index in [1.54, 1.807) is 0 Å². The van der Waals surface area contributed by atoms with Crippen molar-refractivity contribution in [2.24, 2.45) is 5.73 Å². The van der Waals surface area contributed by atoms with Crippen LogP contribution in [0, 0.1) is 0 Å². The van der Waals surface area contributed by atoms with E-state index in [2.05, 4.69) is 42.7 Å². The van der Waals surface area contributed by atoms with Crippen LogP contribution in [0.5, 0.6) is 0 Å². The zero-order valence-corrected chi connectivity index (χ0v) is 36.4. The molecule has 4 N–H and O–H groups in total. The zero-order chi connectivity index (χ0) is 41.4. The zero-order valence-electron chi connectivity index (χ0n) is 35.5. The molecule has 11 nitrogen and oxygen atoms in total. The average molecular weight is 816 g/mol. The van der Waals surface area contributed by atoms with Crippen LogP contribution in [0.1, 0.15) is 206 Å². The lowest BCUT2D eigenvalue weighted by Crippen LogP contribution is -2.34. The summed E-state index contributed by atoms with van der Waals surface area (Å²) in [5.41, 5.74) is 5.33. The van der Waals surface area contributed by atoms with Crippen LogP contribution in [-0.4, -0.2) is 59.9 Å². The number of carbonyl (C=O) groups excluding carboxylic acids is 2. The van der Waals surface area contributed by atoms with E-state index in [1.807, 2.05) is 0 Å². The number of hydrogen-bond donors (Lipinski definition) is 3. The van der Waals surface area contributed by atoms with Gasteiger partial charge in [0.1, 0.15) is 12.6 Å². The van der Waals surface area contributed by atoms with Crippen molar-refractivity contribution in [3.05, 3.63) is 24.3 Å². The quantitative estimate of drug-likeness (QED) is 0.0232. The van der Waals surface area contributed by atoms with Crippen molar-refractivity contribution in [3.63, 3.8) is 0 Å². The molecule has 3 unspecified atom stereocenters. The fraction of sp³-hybridized carbons (Fsp3) is 0.841. The van der Waals surface area contributed by atoms with Gasteiger partial charge in [0.2, 0.25) is 0 Å². The minimum Gasteiger partial charge on any atom is -0.480 e. The molecule has 0 aliphatic rings. The first-order valence-electron chi connectivity index (χ1n) is 22.4. The summed E-state index contributed by atoms with van der Waals surface area (Å²) in [6, 6.07) is -1.52. The number of nitrogens with two attached hydrogens (primary N) is 1. The fourth-order valence-electron chi connectivity index (χ4n) is 6.16. The maximum Gasteiger partial charge on any atom is 0.472 e. The van der Waals surface area contributed by atoms with Gasteiger partial charge in [-0.05, 0) is 38.5 Å². The number of carbonyl (C=O) groups is 3. The Bertz CT molecular complexity index is 1050. The van der Waals surface area contributed by atoms with E-state index in [0.717, 1.165) is 70.6 Å². The van der Waals surface area contributed by atoms with Gasteiger partial charge in [-0.3, -0.25) is 23.4 Å². The molecule has 3 atom stereocenters. The SMILES string of the molecule is CCC/C=C\C/C=C\CCCCCCCC(=O)OC(COC(=O)CCCCCCCCCCCCCCCCCCCCC)COP(=O)(O)OCC(N)C(=O)O. The minimum absolute atomic E-state index is 0.147. The van der Waals surface area contributed by atoms with E-state index < -0.39 is 51.1 Å². The van der Waals surface area contributed by atoms with Crippen molar-refractivity contribution in [3.8, 4) is 0 Å². The second kappa shape index (κ2) is 39.8. The number of allylic oxidation sites excluding steroid dienone is 4. The number of carboxylic acids is 1. The summed E-state index contributed by atoms with van der Waals surface area (Å²) in [7, 11) is -4.72. The highest BCUT2D eigenvalue weighted by Crippen LogP contribution is 2.43. The monoisotopic (exact) mass is 816 g/mol. The Balaban J connectivity index is 4.28. The van der Waals surface area contributed by atoms with Crippen LogP contribution < -0.4 is 5.73 Å². The Morgan fingerprint density at radius 1 is 0.554 bits per heavy atom. The molecule has 0 aromatic carbocycles. The molecule has 0 saturated heterocycles. The van der Waals surface area contributed by atoms with E-state index in [4.69, 9.17) is 24.8 Å². The summed E-state index contributed by atoms with van der Waals surface area (Å²) in [6.07, 6.45) is 41.0. The van der Waals surface area contributed by atoms with Crippen molar-refractivity contribution in [2.45, 2.75) is 219 Å². The second-order valence-corrected chi connectivity index (χ2v) is 16.6. The van der Waals surface area contributed by atoms with Crippen molar-refractivity contribution in [1.29, 1.82) is 0 Å². The molecule has 0 aliphatic heterocycles. The number of carboxylic acid groups (broad SMARTS) is 1. The van der Waals surface area contributed by atoms with Crippen LogP contribution in [0.25, 0.3) is 0 Å². The van der Waals surface area contributed by atoms with E-state index >= 15 is 0 Å². The summed E-state index contributed by atoms with van der Waals surface area (Å²) in [4.78, 5) is 45.9. The fourth-order valence-corrected chi connectivity index (χ4v) is 6.94. The predicted molar refractivity (Wildman–Crippen MR) is 226 cm³/mol. The van der Waals surface area contributed by atoms with Gasteiger partial charge in [-0.15, -0.1) is 0 Å². The molecule has 0 aliphatic carbocycles. The lowest BCUT2D eigenvalue weighted by molar-refractivity contribution is -0.161. The lowest BCUT2D eigenvalue weighted by atomic mass is 10.0. The van der Waals surface area contributed by atoms with Gasteiger partial charge in [0.15, 0.2) is 6.10 Å². The molecule has 0 aromatic rings. The largest absolute Gasteiger partial charge is 0.480 e. The molecule has 0 spiro atoms. The highest BCUT2D eigenvalue weighted by molar-refractivity contribution is 7.47. The van der Waals surface area contributed by atoms with Gasteiger partial charge in [0.05, 0.1) is 13.2 Å². The third-order valence-corrected chi connectivity index (χ3v) is 10.6. The molecule has 0 heterocycles. The molecule has 0 saturated carbocycles. The molecular weight excluding hydrogens is 733 g/mol. The van der Waals surface area contributed by atoms with Crippen LogP contribution in [0.3, 0.4) is 0 Å². The molecule has 0 rings (SSSR count). The number of phosphoric ester groups is 1. The maximum absolute atomic E-state index is 12.6. The summed E-state index contributed by atoms with van der Waals surface area (Å²) < 4.78 is 32.7. The van der Waals surface area contributed by atoms with Crippen LogP contribution in [0.4, 0.5) is 0 Å². The molecule has 56 heavy (non-hydrogen) atoms. The summed E-state index contributed by atoms with van der Waals surface area (Å²) >= 11 is 0. The highest BCUT2D eigenvalue weighted by atomic mass is 31.2. The van der Waals surface area contributed by atoms with Crippen LogP contribution >= 0.6 is 7.82 Å². The van der Waals surface area contributed by atoms with Crippen LogP contribution in [-0.2, 0) is 37.5 Å². The van der Waals surface area contributed by atoms with Gasteiger partial charge in [0.25, 0.3) is 0 Å². The molecule has 0 bridgehead atoms. The number of hydrogen-bond acceptors (Lipinski definition) is 9. The number of rotatable bonds is 42. The van der Waals surface area contributed by atoms with E-state index in [9.17, 15) is 23.8 Å². The summed E-state index contributed by atoms with van der Waals surface area (Å²) in [5.74, 6) is -2.39. The second-order valence-electron chi connectivity index (χ2n) is 15.2.